The lowest BCUT2D eigenvalue weighted by Gasteiger charge is -2.03. The highest BCUT2D eigenvalue weighted by molar-refractivity contribution is 7.98. The van der Waals surface area contributed by atoms with E-state index in [1.54, 1.807) is 24.0 Å². The molecule has 0 fully saturated rings. The van der Waals surface area contributed by atoms with E-state index in [9.17, 15) is 4.79 Å². The molecule has 16 heavy (non-hydrogen) atoms. The van der Waals surface area contributed by atoms with Gasteiger partial charge in [0.25, 0.3) is 0 Å². The molecule has 0 unspecified atom stereocenters. The summed E-state index contributed by atoms with van der Waals surface area (Å²) in [5.41, 5.74) is 4.33. The molecule has 0 saturated carbocycles. The number of thioether (sulfide) groups is 1. The van der Waals surface area contributed by atoms with E-state index in [1.807, 2.05) is 6.07 Å². The summed E-state index contributed by atoms with van der Waals surface area (Å²) in [7, 11) is 1.39. The SMILES string of the molecule is COC(=O)CCSCc1cc(NN)ccn1. The Kier molecular flexibility index (Phi) is 5.66. The van der Waals surface area contributed by atoms with Gasteiger partial charge in [0.1, 0.15) is 0 Å². The molecular weight excluding hydrogens is 226 g/mol. The van der Waals surface area contributed by atoms with Crippen LogP contribution in [0.2, 0.25) is 0 Å². The van der Waals surface area contributed by atoms with E-state index < -0.39 is 0 Å². The van der Waals surface area contributed by atoms with E-state index in [0.717, 1.165) is 22.9 Å². The largest absolute Gasteiger partial charge is 0.469 e. The van der Waals surface area contributed by atoms with E-state index >= 15 is 0 Å². The minimum Gasteiger partial charge on any atom is -0.469 e. The van der Waals surface area contributed by atoms with Crippen LogP contribution in [0, 0.1) is 0 Å². The molecule has 0 atom stereocenters. The molecule has 0 aliphatic carbocycles. The number of anilines is 1. The fraction of sp³-hybridized carbons (Fsp3) is 0.400. The summed E-state index contributed by atoms with van der Waals surface area (Å²) in [6.45, 7) is 0. The molecule has 1 aromatic rings. The van der Waals surface area contributed by atoms with Crippen LogP contribution in [0.3, 0.4) is 0 Å². The normalized spacial score (nSPS) is 9.88. The maximum Gasteiger partial charge on any atom is 0.306 e. The Morgan fingerprint density at radius 3 is 3.19 bits per heavy atom. The van der Waals surface area contributed by atoms with E-state index in [2.05, 4.69) is 15.1 Å². The van der Waals surface area contributed by atoms with Crippen LogP contribution in [-0.4, -0.2) is 23.8 Å². The van der Waals surface area contributed by atoms with Crippen molar-refractivity contribution in [3.63, 3.8) is 0 Å². The van der Waals surface area contributed by atoms with E-state index in [1.165, 1.54) is 7.11 Å². The lowest BCUT2D eigenvalue weighted by Crippen LogP contribution is -2.07. The molecule has 0 aliphatic heterocycles. The van der Waals surface area contributed by atoms with Gasteiger partial charge >= 0.3 is 5.97 Å². The fourth-order valence-electron chi connectivity index (χ4n) is 1.08. The van der Waals surface area contributed by atoms with E-state index in [-0.39, 0.29) is 5.97 Å². The number of carbonyl (C=O) groups is 1. The molecule has 0 bridgehead atoms. The number of rotatable bonds is 6. The summed E-state index contributed by atoms with van der Waals surface area (Å²) in [6, 6.07) is 3.67. The van der Waals surface area contributed by atoms with Gasteiger partial charge in [0.05, 0.1) is 24.9 Å². The van der Waals surface area contributed by atoms with Crippen molar-refractivity contribution in [2.75, 3.05) is 18.3 Å². The lowest BCUT2D eigenvalue weighted by atomic mass is 10.3. The van der Waals surface area contributed by atoms with Crippen molar-refractivity contribution in [1.29, 1.82) is 0 Å². The number of nitrogen functional groups attached to an aromatic ring is 1. The molecule has 1 heterocycles. The average Bonchev–Trinajstić information content (AvgIpc) is 2.34. The van der Waals surface area contributed by atoms with Gasteiger partial charge in [-0.25, -0.2) is 0 Å². The number of hydrazine groups is 1. The monoisotopic (exact) mass is 241 g/mol. The minimum atomic E-state index is -0.183. The van der Waals surface area contributed by atoms with Gasteiger partial charge in [0.15, 0.2) is 0 Å². The first-order chi connectivity index (χ1) is 7.76. The molecule has 0 aromatic carbocycles. The van der Waals surface area contributed by atoms with Gasteiger partial charge in [-0.05, 0) is 12.1 Å². The van der Waals surface area contributed by atoms with Gasteiger partial charge in [0, 0.05) is 17.7 Å². The van der Waals surface area contributed by atoms with Crippen molar-refractivity contribution in [2.45, 2.75) is 12.2 Å². The molecule has 1 aromatic heterocycles. The number of carbonyl (C=O) groups excluding carboxylic acids is 1. The highest BCUT2D eigenvalue weighted by Gasteiger charge is 2.01. The number of ether oxygens (including phenoxy) is 1. The minimum absolute atomic E-state index is 0.183. The van der Waals surface area contributed by atoms with Gasteiger partial charge in [-0.1, -0.05) is 0 Å². The molecule has 0 amide bonds. The zero-order valence-corrected chi connectivity index (χ0v) is 9.92. The standard InChI is InChI=1S/C10H15N3O2S/c1-15-10(14)3-5-16-7-9-6-8(13-11)2-4-12-9/h2,4,6H,3,5,7,11H2,1H3,(H,12,13). The van der Waals surface area contributed by atoms with E-state index in [4.69, 9.17) is 5.84 Å². The number of methoxy groups -OCH3 is 1. The van der Waals surface area contributed by atoms with Crippen molar-refractivity contribution in [2.24, 2.45) is 5.84 Å². The summed E-state index contributed by atoms with van der Waals surface area (Å²) < 4.78 is 4.54. The molecule has 0 radical (unpaired) electrons. The van der Waals surface area contributed by atoms with Crippen molar-refractivity contribution in [1.82, 2.24) is 4.98 Å². The van der Waals surface area contributed by atoms with Crippen LogP contribution in [0.4, 0.5) is 5.69 Å². The Labute approximate surface area is 98.7 Å². The molecule has 6 heteroatoms. The molecule has 88 valence electrons. The number of aromatic nitrogens is 1. The van der Waals surface area contributed by atoms with Crippen molar-refractivity contribution < 1.29 is 9.53 Å². The molecule has 3 N–H and O–H groups in total. The predicted molar refractivity (Wildman–Crippen MR) is 64.8 cm³/mol. The number of nitrogens with two attached hydrogens (primary N) is 1. The third kappa shape index (κ3) is 4.50. The van der Waals surface area contributed by atoms with Crippen LogP contribution < -0.4 is 11.3 Å². The topological polar surface area (TPSA) is 77.2 Å². The van der Waals surface area contributed by atoms with Gasteiger partial charge < -0.3 is 10.2 Å². The number of nitrogens with zero attached hydrogens (tertiary/aromatic N) is 1. The Hall–Kier alpha value is -1.27. The van der Waals surface area contributed by atoms with Gasteiger partial charge in [0.2, 0.25) is 0 Å². The molecule has 5 nitrogen and oxygen atoms in total. The van der Waals surface area contributed by atoms with Crippen molar-refractivity contribution in [3.8, 4) is 0 Å². The number of hydrogen-bond acceptors (Lipinski definition) is 6. The Bertz CT molecular complexity index is 347. The predicted octanol–water partition coefficient (Wildman–Crippen LogP) is 1.16. The first kappa shape index (κ1) is 12.8. The summed E-state index contributed by atoms with van der Waals surface area (Å²) in [6.07, 6.45) is 2.13. The molecule has 0 saturated heterocycles. The first-order valence-electron chi connectivity index (χ1n) is 4.82. The van der Waals surface area contributed by atoms with Crippen LogP contribution in [0.5, 0.6) is 0 Å². The van der Waals surface area contributed by atoms with Crippen molar-refractivity contribution in [3.05, 3.63) is 24.0 Å². The Morgan fingerprint density at radius 2 is 2.50 bits per heavy atom. The second-order valence-electron chi connectivity index (χ2n) is 3.06. The molecule has 0 spiro atoms. The third-order valence-electron chi connectivity index (χ3n) is 1.91. The Balaban J connectivity index is 2.28. The maximum atomic E-state index is 10.8. The third-order valence-corrected chi connectivity index (χ3v) is 2.90. The zero-order chi connectivity index (χ0) is 11.8. The highest BCUT2D eigenvalue weighted by atomic mass is 32.2. The smallest absolute Gasteiger partial charge is 0.306 e. The molecule has 0 aliphatic rings. The van der Waals surface area contributed by atoms with Crippen LogP contribution in [0.15, 0.2) is 18.3 Å². The summed E-state index contributed by atoms with van der Waals surface area (Å²) >= 11 is 1.64. The first-order valence-corrected chi connectivity index (χ1v) is 5.98. The van der Waals surface area contributed by atoms with Crippen LogP contribution in [0.1, 0.15) is 12.1 Å². The number of nitrogens with one attached hydrogen (secondary N) is 1. The van der Waals surface area contributed by atoms with Gasteiger partial charge in [-0.2, -0.15) is 11.8 Å². The summed E-state index contributed by atoms with van der Waals surface area (Å²) in [5.74, 6) is 6.59. The second-order valence-corrected chi connectivity index (χ2v) is 4.16. The van der Waals surface area contributed by atoms with Crippen molar-refractivity contribution >= 4 is 23.4 Å². The second kappa shape index (κ2) is 7.08. The highest BCUT2D eigenvalue weighted by Crippen LogP contribution is 2.14. The number of pyridine rings is 1. The summed E-state index contributed by atoms with van der Waals surface area (Å²) in [5, 5.41) is 0. The van der Waals surface area contributed by atoms with E-state index in [0.29, 0.717) is 6.42 Å². The van der Waals surface area contributed by atoms with Crippen LogP contribution in [-0.2, 0) is 15.3 Å². The van der Waals surface area contributed by atoms with Crippen LogP contribution >= 0.6 is 11.8 Å². The average molecular weight is 241 g/mol. The molecular formula is C10H15N3O2S. The zero-order valence-electron chi connectivity index (χ0n) is 9.10. The lowest BCUT2D eigenvalue weighted by molar-refractivity contribution is -0.140. The maximum absolute atomic E-state index is 10.8. The quantitative estimate of drug-likeness (QED) is 0.337. The van der Waals surface area contributed by atoms with Crippen LogP contribution in [0.25, 0.3) is 0 Å². The molecule has 1 rings (SSSR count). The van der Waals surface area contributed by atoms with Gasteiger partial charge in [-0.15, -0.1) is 0 Å². The van der Waals surface area contributed by atoms with Gasteiger partial charge in [-0.3, -0.25) is 15.6 Å². The number of esters is 1. The number of hydrogen-bond donors (Lipinski definition) is 2. The summed E-state index contributed by atoms with van der Waals surface area (Å²) in [4.78, 5) is 15.0. The fourth-order valence-corrected chi connectivity index (χ4v) is 1.90. The Morgan fingerprint density at radius 1 is 1.69 bits per heavy atom.